The summed E-state index contributed by atoms with van der Waals surface area (Å²) in [6.07, 6.45) is 4.50. The number of Topliss-reactive ketones (excluding diaryl/α,β-unsaturated/α-hetero) is 1. The Hall–Kier alpha value is -2.49. The molecule has 0 fully saturated rings. The first-order valence-electron chi connectivity index (χ1n) is 7.90. The van der Waals surface area contributed by atoms with E-state index in [0.29, 0.717) is 11.5 Å². The van der Waals surface area contributed by atoms with E-state index in [1.54, 1.807) is 29.1 Å². The molecule has 120 valence electrons. The summed E-state index contributed by atoms with van der Waals surface area (Å²) in [5.41, 5.74) is 2.60. The van der Waals surface area contributed by atoms with Gasteiger partial charge >= 0.3 is 0 Å². The van der Waals surface area contributed by atoms with Crippen molar-refractivity contribution in [1.29, 1.82) is 0 Å². The third kappa shape index (κ3) is 4.49. The standard InChI is InChI=1S/C19H22N2O2/c1-4-14(2)17-9-5-6-10-18(17)20-19(23)13-21-11-7-8-16(12-21)15(3)22/h5-12,14H,4,13H2,1-3H3/p+1/t14-/m1/s1. The Labute approximate surface area is 137 Å². The number of hydrogen-bond acceptors (Lipinski definition) is 2. The van der Waals surface area contributed by atoms with Gasteiger partial charge in [0.2, 0.25) is 6.54 Å². The van der Waals surface area contributed by atoms with E-state index in [9.17, 15) is 9.59 Å². The summed E-state index contributed by atoms with van der Waals surface area (Å²) >= 11 is 0. The van der Waals surface area contributed by atoms with Crippen molar-refractivity contribution in [3.63, 3.8) is 0 Å². The Morgan fingerprint density at radius 1 is 1.17 bits per heavy atom. The summed E-state index contributed by atoms with van der Waals surface area (Å²) < 4.78 is 1.72. The average molecular weight is 311 g/mol. The summed E-state index contributed by atoms with van der Waals surface area (Å²) in [6, 6.07) is 11.4. The van der Waals surface area contributed by atoms with E-state index in [1.807, 2.05) is 24.3 Å². The number of carbonyl (C=O) groups is 2. The van der Waals surface area contributed by atoms with Crippen LogP contribution in [0, 0.1) is 0 Å². The predicted molar refractivity (Wildman–Crippen MR) is 90.4 cm³/mol. The van der Waals surface area contributed by atoms with Gasteiger partial charge in [0.1, 0.15) is 0 Å². The zero-order chi connectivity index (χ0) is 16.8. The number of carbonyl (C=O) groups excluding carboxylic acids is 2. The first-order valence-corrected chi connectivity index (χ1v) is 7.90. The number of ketones is 1. The molecule has 0 aliphatic heterocycles. The molecule has 0 radical (unpaired) electrons. The van der Waals surface area contributed by atoms with Gasteiger partial charge in [-0.2, -0.15) is 4.57 Å². The van der Waals surface area contributed by atoms with Gasteiger partial charge in [-0.3, -0.25) is 9.59 Å². The molecule has 0 unspecified atom stereocenters. The molecule has 0 saturated carbocycles. The summed E-state index contributed by atoms with van der Waals surface area (Å²) in [5, 5.41) is 2.98. The fourth-order valence-corrected chi connectivity index (χ4v) is 2.44. The van der Waals surface area contributed by atoms with E-state index >= 15 is 0 Å². The lowest BCUT2D eigenvalue weighted by Crippen LogP contribution is -2.40. The van der Waals surface area contributed by atoms with Crippen molar-refractivity contribution in [3.05, 3.63) is 59.9 Å². The number of pyridine rings is 1. The summed E-state index contributed by atoms with van der Waals surface area (Å²) in [7, 11) is 0. The van der Waals surface area contributed by atoms with Crippen LogP contribution in [0.5, 0.6) is 0 Å². The normalized spacial score (nSPS) is 11.8. The molecule has 2 rings (SSSR count). The van der Waals surface area contributed by atoms with Gasteiger partial charge in [0.15, 0.2) is 18.2 Å². The molecular formula is C19H23N2O2+. The molecule has 0 spiro atoms. The molecule has 0 aliphatic carbocycles. The lowest BCUT2D eigenvalue weighted by atomic mass is 9.97. The first-order chi connectivity index (χ1) is 11.0. The zero-order valence-electron chi connectivity index (χ0n) is 13.9. The summed E-state index contributed by atoms with van der Waals surface area (Å²) in [5.74, 6) is 0.272. The zero-order valence-corrected chi connectivity index (χ0v) is 13.9. The van der Waals surface area contributed by atoms with Gasteiger partial charge < -0.3 is 5.32 Å². The number of amides is 1. The van der Waals surface area contributed by atoms with Crippen molar-refractivity contribution in [1.82, 2.24) is 0 Å². The minimum absolute atomic E-state index is 0.0122. The average Bonchev–Trinajstić information content (AvgIpc) is 2.54. The molecule has 4 nitrogen and oxygen atoms in total. The molecule has 1 amide bonds. The van der Waals surface area contributed by atoms with Crippen LogP contribution >= 0.6 is 0 Å². The smallest absolute Gasteiger partial charge is 0.290 e. The van der Waals surface area contributed by atoms with Crippen molar-refractivity contribution in [3.8, 4) is 0 Å². The van der Waals surface area contributed by atoms with Crippen LogP contribution in [0.3, 0.4) is 0 Å². The van der Waals surface area contributed by atoms with Gasteiger partial charge in [0, 0.05) is 11.8 Å². The van der Waals surface area contributed by atoms with Gasteiger partial charge in [-0.05, 0) is 37.0 Å². The van der Waals surface area contributed by atoms with Crippen molar-refractivity contribution >= 4 is 17.4 Å². The largest absolute Gasteiger partial charge is 0.320 e. The van der Waals surface area contributed by atoms with E-state index in [0.717, 1.165) is 17.7 Å². The minimum atomic E-state index is -0.105. The number of nitrogens with one attached hydrogen (secondary N) is 1. The van der Waals surface area contributed by atoms with Gasteiger partial charge in [-0.25, -0.2) is 0 Å². The highest BCUT2D eigenvalue weighted by Gasteiger charge is 2.15. The highest BCUT2D eigenvalue weighted by atomic mass is 16.2. The Balaban J connectivity index is 2.11. The molecule has 2 aromatic rings. The van der Waals surface area contributed by atoms with Gasteiger partial charge in [-0.15, -0.1) is 0 Å². The molecule has 23 heavy (non-hydrogen) atoms. The van der Waals surface area contributed by atoms with Gasteiger partial charge in [-0.1, -0.05) is 32.0 Å². The van der Waals surface area contributed by atoms with Crippen LogP contribution in [0.1, 0.15) is 49.0 Å². The Kier molecular flexibility index (Phi) is 5.63. The van der Waals surface area contributed by atoms with Gasteiger partial charge in [0.05, 0.1) is 5.56 Å². The molecule has 0 saturated heterocycles. The maximum atomic E-state index is 12.3. The Morgan fingerprint density at radius 3 is 2.61 bits per heavy atom. The second kappa shape index (κ2) is 7.68. The molecule has 1 N–H and O–H groups in total. The monoisotopic (exact) mass is 311 g/mol. The highest BCUT2D eigenvalue weighted by molar-refractivity contribution is 5.93. The molecule has 0 bridgehead atoms. The number of aromatic nitrogens is 1. The fourth-order valence-electron chi connectivity index (χ4n) is 2.44. The number of benzene rings is 1. The number of anilines is 1. The van der Waals surface area contributed by atoms with Crippen LogP contribution in [-0.4, -0.2) is 11.7 Å². The summed E-state index contributed by atoms with van der Waals surface area (Å²) in [6.45, 7) is 5.97. The maximum Gasteiger partial charge on any atom is 0.290 e. The number of hydrogen-bond donors (Lipinski definition) is 1. The van der Waals surface area contributed by atoms with Crippen LogP contribution in [0.15, 0.2) is 48.8 Å². The lowest BCUT2D eigenvalue weighted by Gasteiger charge is -2.15. The van der Waals surface area contributed by atoms with Crippen molar-refractivity contribution in [2.75, 3.05) is 5.32 Å². The molecular weight excluding hydrogens is 288 g/mol. The number of nitrogens with zero attached hydrogens (tertiary/aromatic N) is 1. The van der Waals surface area contributed by atoms with Gasteiger partial charge in [0.25, 0.3) is 5.91 Å². The first kappa shape index (κ1) is 16.9. The lowest BCUT2D eigenvalue weighted by molar-refractivity contribution is -0.684. The quantitative estimate of drug-likeness (QED) is 0.657. The minimum Gasteiger partial charge on any atom is -0.320 e. The van der Waals surface area contributed by atoms with Crippen molar-refractivity contribution < 1.29 is 14.2 Å². The van der Waals surface area contributed by atoms with E-state index in [2.05, 4.69) is 19.2 Å². The van der Waals surface area contributed by atoms with Crippen LogP contribution < -0.4 is 9.88 Å². The fraction of sp³-hybridized carbons (Fsp3) is 0.316. The highest BCUT2D eigenvalue weighted by Crippen LogP contribution is 2.26. The third-order valence-electron chi connectivity index (χ3n) is 3.97. The summed E-state index contributed by atoms with van der Waals surface area (Å²) in [4.78, 5) is 23.7. The Morgan fingerprint density at radius 2 is 1.91 bits per heavy atom. The maximum absolute atomic E-state index is 12.3. The molecule has 1 atom stereocenters. The van der Waals surface area contributed by atoms with Crippen LogP contribution in [-0.2, 0) is 11.3 Å². The molecule has 4 heteroatoms. The van der Waals surface area contributed by atoms with Crippen LogP contribution in [0.2, 0.25) is 0 Å². The van der Waals surface area contributed by atoms with E-state index < -0.39 is 0 Å². The SMILES string of the molecule is CC[C@@H](C)c1ccccc1NC(=O)C[n+]1cccc(C(C)=O)c1. The van der Waals surface area contributed by atoms with Crippen LogP contribution in [0.25, 0.3) is 0 Å². The molecule has 0 aliphatic rings. The molecule has 1 aromatic carbocycles. The van der Waals surface area contributed by atoms with E-state index in [1.165, 1.54) is 6.92 Å². The molecule has 1 aromatic heterocycles. The van der Waals surface area contributed by atoms with Crippen molar-refractivity contribution in [2.45, 2.75) is 39.7 Å². The second-order valence-electron chi connectivity index (χ2n) is 5.77. The third-order valence-corrected chi connectivity index (χ3v) is 3.97. The van der Waals surface area contributed by atoms with E-state index in [-0.39, 0.29) is 18.2 Å². The molecule has 1 heterocycles. The van der Waals surface area contributed by atoms with Crippen LogP contribution in [0.4, 0.5) is 5.69 Å². The number of para-hydroxylation sites is 1. The van der Waals surface area contributed by atoms with E-state index in [4.69, 9.17) is 0 Å². The predicted octanol–water partition coefficient (Wildman–Crippen LogP) is 3.33. The Bertz CT molecular complexity index is 710. The topological polar surface area (TPSA) is 50.1 Å². The van der Waals surface area contributed by atoms with Crippen molar-refractivity contribution in [2.24, 2.45) is 0 Å². The number of rotatable bonds is 6. The second-order valence-corrected chi connectivity index (χ2v) is 5.77.